The average molecular weight is 230 g/mol. The van der Waals surface area contributed by atoms with E-state index in [1.54, 1.807) is 13.0 Å². The molecule has 1 heterocycles. The van der Waals surface area contributed by atoms with Crippen molar-refractivity contribution in [3.63, 3.8) is 0 Å². The number of benzene rings is 1. The maximum atomic E-state index is 11.7. The fraction of sp³-hybridized carbons (Fsp3) is 0.231. The molecule has 2 aromatic rings. The molecule has 0 aliphatic carbocycles. The monoisotopic (exact) mass is 230 g/mol. The fourth-order valence-electron chi connectivity index (χ4n) is 1.45. The Hall–Kier alpha value is -2.10. The molecule has 2 rings (SSSR count). The van der Waals surface area contributed by atoms with Gasteiger partial charge in [-0.3, -0.25) is 4.79 Å². The van der Waals surface area contributed by atoms with Crippen LogP contribution in [0.1, 0.15) is 27.4 Å². The molecule has 1 N–H and O–H groups in total. The third kappa shape index (κ3) is 2.93. The minimum atomic E-state index is -0.220. The maximum Gasteiger partial charge on any atom is 0.273 e. The van der Waals surface area contributed by atoms with E-state index in [1.165, 1.54) is 5.56 Å². The molecule has 0 aliphatic heterocycles. The van der Waals surface area contributed by atoms with E-state index in [0.717, 1.165) is 5.56 Å². The van der Waals surface area contributed by atoms with Gasteiger partial charge in [-0.15, -0.1) is 0 Å². The van der Waals surface area contributed by atoms with Gasteiger partial charge in [0.2, 0.25) is 0 Å². The molecule has 0 bridgehead atoms. The summed E-state index contributed by atoms with van der Waals surface area (Å²) in [5.74, 6) is 0.410. The first-order valence-corrected chi connectivity index (χ1v) is 5.42. The predicted molar refractivity (Wildman–Crippen MR) is 63.6 cm³/mol. The number of carbonyl (C=O) groups excluding carboxylic acids is 1. The molecule has 0 aliphatic rings. The lowest BCUT2D eigenvalue weighted by molar-refractivity contribution is 0.0942. The highest BCUT2D eigenvalue weighted by molar-refractivity contribution is 5.92. The van der Waals surface area contributed by atoms with Crippen molar-refractivity contribution in [2.75, 3.05) is 0 Å². The quantitative estimate of drug-likeness (QED) is 0.879. The first kappa shape index (κ1) is 11.4. The summed E-state index contributed by atoms with van der Waals surface area (Å²) < 4.78 is 4.84. The second-order valence-electron chi connectivity index (χ2n) is 3.99. The molecule has 1 aromatic heterocycles. The Morgan fingerprint density at radius 3 is 2.59 bits per heavy atom. The summed E-state index contributed by atoms with van der Waals surface area (Å²) in [7, 11) is 0. The summed E-state index contributed by atoms with van der Waals surface area (Å²) in [6.07, 6.45) is 0. The number of aryl methyl sites for hydroxylation is 2. The number of nitrogens with one attached hydrogen (secondary N) is 1. The second kappa shape index (κ2) is 4.82. The van der Waals surface area contributed by atoms with E-state index >= 15 is 0 Å². The smallest absolute Gasteiger partial charge is 0.273 e. The summed E-state index contributed by atoms with van der Waals surface area (Å²) in [6, 6.07) is 9.63. The standard InChI is InChI=1S/C13H14N2O2/c1-9-3-5-11(6-4-9)8-14-13(16)12-7-10(2)17-15-12/h3-7H,8H2,1-2H3,(H,14,16). The summed E-state index contributed by atoms with van der Waals surface area (Å²) >= 11 is 0. The molecule has 1 aromatic carbocycles. The van der Waals surface area contributed by atoms with Gasteiger partial charge >= 0.3 is 0 Å². The van der Waals surface area contributed by atoms with Gasteiger partial charge in [0.25, 0.3) is 5.91 Å². The average Bonchev–Trinajstić information content (AvgIpc) is 2.75. The number of rotatable bonds is 3. The van der Waals surface area contributed by atoms with E-state index in [0.29, 0.717) is 18.0 Å². The van der Waals surface area contributed by atoms with Crippen molar-refractivity contribution in [3.8, 4) is 0 Å². The van der Waals surface area contributed by atoms with E-state index in [9.17, 15) is 4.79 Å². The number of hydrogen-bond donors (Lipinski definition) is 1. The van der Waals surface area contributed by atoms with Crippen LogP contribution in [0.5, 0.6) is 0 Å². The van der Waals surface area contributed by atoms with Crippen LogP contribution in [0.4, 0.5) is 0 Å². The number of hydrogen-bond acceptors (Lipinski definition) is 3. The molecular formula is C13H14N2O2. The van der Waals surface area contributed by atoms with Crippen LogP contribution in [0.2, 0.25) is 0 Å². The molecule has 88 valence electrons. The molecule has 1 amide bonds. The van der Waals surface area contributed by atoms with Crippen molar-refractivity contribution >= 4 is 5.91 Å². The van der Waals surface area contributed by atoms with E-state index in [2.05, 4.69) is 10.5 Å². The van der Waals surface area contributed by atoms with Crippen molar-refractivity contribution in [2.45, 2.75) is 20.4 Å². The summed E-state index contributed by atoms with van der Waals surface area (Å²) in [6.45, 7) is 4.27. The molecule has 0 radical (unpaired) electrons. The van der Waals surface area contributed by atoms with E-state index in [-0.39, 0.29) is 5.91 Å². The maximum absolute atomic E-state index is 11.7. The largest absolute Gasteiger partial charge is 0.361 e. The first-order valence-electron chi connectivity index (χ1n) is 5.42. The van der Waals surface area contributed by atoms with Crippen LogP contribution < -0.4 is 5.32 Å². The van der Waals surface area contributed by atoms with Gasteiger partial charge in [0, 0.05) is 12.6 Å². The minimum Gasteiger partial charge on any atom is -0.361 e. The van der Waals surface area contributed by atoms with E-state index in [1.807, 2.05) is 31.2 Å². The lowest BCUT2D eigenvalue weighted by atomic mass is 10.1. The fourth-order valence-corrected chi connectivity index (χ4v) is 1.45. The van der Waals surface area contributed by atoms with Gasteiger partial charge in [0.05, 0.1) is 0 Å². The summed E-state index contributed by atoms with van der Waals surface area (Å²) in [5, 5.41) is 6.44. The topological polar surface area (TPSA) is 55.1 Å². The highest BCUT2D eigenvalue weighted by Gasteiger charge is 2.09. The van der Waals surface area contributed by atoms with Crippen molar-refractivity contribution < 1.29 is 9.32 Å². The number of amides is 1. The molecule has 0 atom stereocenters. The highest BCUT2D eigenvalue weighted by atomic mass is 16.5. The van der Waals surface area contributed by atoms with Gasteiger partial charge in [-0.25, -0.2) is 0 Å². The molecule has 0 unspecified atom stereocenters. The Kier molecular flexibility index (Phi) is 3.23. The van der Waals surface area contributed by atoms with Gasteiger partial charge in [-0.05, 0) is 19.4 Å². The highest BCUT2D eigenvalue weighted by Crippen LogP contribution is 2.04. The zero-order valence-corrected chi connectivity index (χ0v) is 9.86. The predicted octanol–water partition coefficient (Wildman–Crippen LogP) is 2.22. The Morgan fingerprint density at radius 1 is 1.29 bits per heavy atom. The molecular weight excluding hydrogens is 216 g/mol. The van der Waals surface area contributed by atoms with Crippen LogP contribution in [0, 0.1) is 13.8 Å². The van der Waals surface area contributed by atoms with Crippen LogP contribution in [-0.4, -0.2) is 11.1 Å². The Bertz CT molecular complexity index is 514. The molecule has 0 saturated carbocycles. The molecule has 0 spiro atoms. The van der Waals surface area contributed by atoms with Crippen LogP contribution in [0.25, 0.3) is 0 Å². The van der Waals surface area contributed by atoms with Crippen molar-refractivity contribution in [1.29, 1.82) is 0 Å². The van der Waals surface area contributed by atoms with E-state index < -0.39 is 0 Å². The van der Waals surface area contributed by atoms with Crippen molar-refractivity contribution in [1.82, 2.24) is 10.5 Å². The second-order valence-corrected chi connectivity index (χ2v) is 3.99. The summed E-state index contributed by atoms with van der Waals surface area (Å²) in [4.78, 5) is 11.7. The van der Waals surface area contributed by atoms with E-state index in [4.69, 9.17) is 4.52 Å². The lowest BCUT2D eigenvalue weighted by Crippen LogP contribution is -2.22. The molecule has 0 fully saturated rings. The summed E-state index contributed by atoms with van der Waals surface area (Å²) in [5.41, 5.74) is 2.57. The minimum absolute atomic E-state index is 0.220. The van der Waals surface area contributed by atoms with Gasteiger partial charge in [-0.2, -0.15) is 0 Å². The van der Waals surface area contributed by atoms with Crippen molar-refractivity contribution in [3.05, 3.63) is 52.9 Å². The number of aromatic nitrogens is 1. The molecule has 4 heteroatoms. The molecule has 4 nitrogen and oxygen atoms in total. The zero-order valence-electron chi connectivity index (χ0n) is 9.86. The zero-order chi connectivity index (χ0) is 12.3. The van der Waals surface area contributed by atoms with Crippen LogP contribution in [0.3, 0.4) is 0 Å². The normalized spacial score (nSPS) is 10.2. The molecule has 17 heavy (non-hydrogen) atoms. The van der Waals surface area contributed by atoms with Crippen LogP contribution >= 0.6 is 0 Å². The number of carbonyl (C=O) groups is 1. The third-order valence-electron chi connectivity index (χ3n) is 2.43. The number of nitrogens with zero attached hydrogens (tertiary/aromatic N) is 1. The SMILES string of the molecule is Cc1ccc(CNC(=O)c2cc(C)on2)cc1. The van der Waals surface area contributed by atoms with Gasteiger partial charge < -0.3 is 9.84 Å². The Labute approximate surface area is 99.6 Å². The lowest BCUT2D eigenvalue weighted by Gasteiger charge is -2.03. The van der Waals surface area contributed by atoms with Crippen LogP contribution in [-0.2, 0) is 6.54 Å². The van der Waals surface area contributed by atoms with Gasteiger partial charge in [-0.1, -0.05) is 35.0 Å². The molecule has 0 saturated heterocycles. The van der Waals surface area contributed by atoms with Crippen LogP contribution in [0.15, 0.2) is 34.9 Å². The Balaban J connectivity index is 1.94. The third-order valence-corrected chi connectivity index (χ3v) is 2.43. The Morgan fingerprint density at radius 2 is 2.00 bits per heavy atom. The van der Waals surface area contributed by atoms with Gasteiger partial charge in [0.1, 0.15) is 5.76 Å². The van der Waals surface area contributed by atoms with Gasteiger partial charge in [0.15, 0.2) is 5.69 Å². The van der Waals surface area contributed by atoms with Crippen molar-refractivity contribution in [2.24, 2.45) is 0 Å². The first-order chi connectivity index (χ1) is 8.15.